The van der Waals surface area contributed by atoms with Gasteiger partial charge >= 0.3 is 5.97 Å². The van der Waals surface area contributed by atoms with Crippen LogP contribution in [0.5, 0.6) is 11.5 Å². The van der Waals surface area contributed by atoms with E-state index in [9.17, 15) is 14.7 Å². The van der Waals surface area contributed by atoms with Crippen LogP contribution in [-0.4, -0.2) is 31.4 Å². The summed E-state index contributed by atoms with van der Waals surface area (Å²) >= 11 is 0. The summed E-state index contributed by atoms with van der Waals surface area (Å²) in [5.74, 6) is -0.521. The highest BCUT2D eigenvalue weighted by Crippen LogP contribution is 2.53. The number of esters is 1. The molecule has 1 fully saturated rings. The van der Waals surface area contributed by atoms with Gasteiger partial charge in [0, 0.05) is 11.6 Å². The zero-order chi connectivity index (χ0) is 14.0. The molecular formula is C13H13NO5. The lowest BCUT2D eigenvalue weighted by Crippen LogP contribution is -2.09. The number of rotatable bonds is 4. The molecule has 1 aromatic carbocycles. The summed E-state index contributed by atoms with van der Waals surface area (Å²) in [5.41, 5.74) is -0.0916. The number of carbonyl (C=O) groups excluding carboxylic acids is 2. The van der Waals surface area contributed by atoms with Crippen molar-refractivity contribution < 1.29 is 24.2 Å². The Labute approximate surface area is 109 Å². The first-order valence-electron chi connectivity index (χ1n) is 5.67. The fourth-order valence-electron chi connectivity index (χ4n) is 2.02. The van der Waals surface area contributed by atoms with Gasteiger partial charge in [-0.05, 0) is 18.9 Å². The summed E-state index contributed by atoms with van der Waals surface area (Å²) in [6.45, 7) is 0. The van der Waals surface area contributed by atoms with Crippen LogP contribution in [0.3, 0.4) is 0 Å². The zero-order valence-electron chi connectivity index (χ0n) is 10.6. The van der Waals surface area contributed by atoms with Gasteiger partial charge < -0.3 is 14.6 Å². The molecule has 0 spiro atoms. The standard InChI is InChI=1S/C13H13NO5/c1-18-11-6-10(16)8(12(17)19-2)5-9(11)13(3-4-13)14-7-15/h5-6,16H,3-4H2,1-2H3. The summed E-state index contributed by atoms with van der Waals surface area (Å²) < 4.78 is 9.76. The average Bonchev–Trinajstić information content (AvgIpc) is 3.18. The van der Waals surface area contributed by atoms with Gasteiger partial charge in [-0.25, -0.2) is 9.59 Å². The smallest absolute Gasteiger partial charge is 0.341 e. The van der Waals surface area contributed by atoms with Gasteiger partial charge in [-0.1, -0.05) is 0 Å². The summed E-state index contributed by atoms with van der Waals surface area (Å²) in [5, 5.41) is 9.78. The number of hydrogen-bond acceptors (Lipinski definition) is 6. The van der Waals surface area contributed by atoms with E-state index in [1.807, 2.05) is 0 Å². The fraction of sp³-hybridized carbons (Fsp3) is 0.385. The monoisotopic (exact) mass is 263 g/mol. The highest BCUT2D eigenvalue weighted by atomic mass is 16.5. The van der Waals surface area contributed by atoms with Gasteiger partial charge in [0.25, 0.3) is 0 Å². The van der Waals surface area contributed by atoms with E-state index in [-0.39, 0.29) is 11.3 Å². The predicted molar refractivity (Wildman–Crippen MR) is 65.0 cm³/mol. The van der Waals surface area contributed by atoms with Crippen LogP contribution in [0.1, 0.15) is 28.8 Å². The molecule has 0 aliphatic heterocycles. The van der Waals surface area contributed by atoms with Crippen LogP contribution in [0.15, 0.2) is 17.1 Å². The number of aromatic hydroxyl groups is 1. The highest BCUT2D eigenvalue weighted by Gasteiger charge is 2.47. The second-order valence-electron chi connectivity index (χ2n) is 4.30. The van der Waals surface area contributed by atoms with Gasteiger partial charge in [0.1, 0.15) is 22.6 Å². The molecule has 6 heteroatoms. The van der Waals surface area contributed by atoms with Crippen LogP contribution in [0, 0.1) is 0 Å². The fourth-order valence-corrected chi connectivity index (χ4v) is 2.02. The maximum Gasteiger partial charge on any atom is 0.341 e. The Kier molecular flexibility index (Phi) is 3.27. The van der Waals surface area contributed by atoms with Crippen LogP contribution in [0.4, 0.5) is 0 Å². The van der Waals surface area contributed by atoms with Crippen LogP contribution >= 0.6 is 0 Å². The highest BCUT2D eigenvalue weighted by molar-refractivity contribution is 5.93. The number of phenolic OH excluding ortho intramolecular Hbond substituents is 1. The first-order valence-corrected chi connectivity index (χ1v) is 5.67. The molecule has 0 heterocycles. The molecule has 19 heavy (non-hydrogen) atoms. The Morgan fingerprint density at radius 2 is 2.11 bits per heavy atom. The Bertz CT molecular complexity index is 571. The van der Waals surface area contributed by atoms with E-state index >= 15 is 0 Å². The predicted octanol–water partition coefficient (Wildman–Crippen LogP) is 1.51. The van der Waals surface area contributed by atoms with Gasteiger partial charge in [-0.3, -0.25) is 0 Å². The van der Waals surface area contributed by atoms with Gasteiger partial charge in [0.15, 0.2) is 0 Å². The Morgan fingerprint density at radius 1 is 1.42 bits per heavy atom. The first-order chi connectivity index (χ1) is 9.07. The molecule has 0 amide bonds. The number of hydrogen-bond donors (Lipinski definition) is 1. The zero-order valence-corrected chi connectivity index (χ0v) is 10.6. The van der Waals surface area contributed by atoms with Crippen LogP contribution in [-0.2, 0) is 15.1 Å². The van der Waals surface area contributed by atoms with Crippen molar-refractivity contribution in [1.82, 2.24) is 0 Å². The van der Waals surface area contributed by atoms with E-state index in [2.05, 4.69) is 9.73 Å². The third-order valence-electron chi connectivity index (χ3n) is 3.21. The molecule has 1 aromatic rings. The van der Waals surface area contributed by atoms with Crippen molar-refractivity contribution >= 4 is 12.0 Å². The molecule has 0 aromatic heterocycles. The van der Waals surface area contributed by atoms with Gasteiger partial charge in [0.05, 0.1) is 14.2 Å². The minimum atomic E-state index is -0.691. The molecule has 6 nitrogen and oxygen atoms in total. The van der Waals surface area contributed by atoms with E-state index < -0.39 is 11.5 Å². The molecule has 1 saturated carbocycles. The number of benzene rings is 1. The van der Waals surface area contributed by atoms with Crippen molar-refractivity contribution in [2.75, 3.05) is 14.2 Å². The molecule has 0 atom stereocenters. The number of ether oxygens (including phenoxy) is 2. The van der Waals surface area contributed by atoms with Crippen molar-refractivity contribution in [3.05, 3.63) is 23.3 Å². The van der Waals surface area contributed by atoms with Gasteiger partial charge in [-0.2, -0.15) is 4.99 Å². The van der Waals surface area contributed by atoms with Crippen LogP contribution in [0.25, 0.3) is 0 Å². The minimum Gasteiger partial charge on any atom is -0.507 e. The second-order valence-corrected chi connectivity index (χ2v) is 4.30. The van der Waals surface area contributed by atoms with Crippen LogP contribution < -0.4 is 4.74 Å². The van der Waals surface area contributed by atoms with E-state index in [4.69, 9.17) is 4.74 Å². The van der Waals surface area contributed by atoms with Crippen molar-refractivity contribution in [1.29, 1.82) is 0 Å². The van der Waals surface area contributed by atoms with E-state index in [1.54, 1.807) is 0 Å². The molecule has 1 aliphatic rings. The van der Waals surface area contributed by atoms with E-state index in [1.165, 1.54) is 32.4 Å². The molecule has 2 rings (SSSR count). The summed E-state index contributed by atoms with van der Waals surface area (Å²) in [4.78, 5) is 25.8. The van der Waals surface area contributed by atoms with Gasteiger partial charge in [-0.15, -0.1) is 0 Å². The quantitative estimate of drug-likeness (QED) is 0.505. The molecule has 0 unspecified atom stereocenters. The largest absolute Gasteiger partial charge is 0.507 e. The number of aliphatic imine (C=N–C) groups is 1. The molecule has 0 bridgehead atoms. The Balaban J connectivity index is 2.59. The summed E-state index contributed by atoms with van der Waals surface area (Å²) in [6.07, 6.45) is 2.88. The molecule has 0 saturated heterocycles. The maximum absolute atomic E-state index is 11.6. The first kappa shape index (κ1) is 13.1. The molecule has 100 valence electrons. The van der Waals surface area contributed by atoms with E-state index in [0.717, 1.165) is 0 Å². The second kappa shape index (κ2) is 4.74. The van der Waals surface area contributed by atoms with Crippen LogP contribution in [0.2, 0.25) is 0 Å². The minimum absolute atomic E-state index is 0.0191. The number of isocyanates is 1. The average molecular weight is 263 g/mol. The molecule has 1 N–H and O–H groups in total. The third-order valence-corrected chi connectivity index (χ3v) is 3.21. The normalized spacial score (nSPS) is 15.3. The van der Waals surface area contributed by atoms with Gasteiger partial charge in [0.2, 0.25) is 6.08 Å². The topological polar surface area (TPSA) is 85.2 Å². The van der Waals surface area contributed by atoms with Crippen molar-refractivity contribution in [3.8, 4) is 11.5 Å². The SMILES string of the molecule is COC(=O)c1cc(C2(N=C=O)CC2)c(OC)cc1O. The molecule has 1 aliphatic carbocycles. The number of phenols is 1. The van der Waals surface area contributed by atoms with Crippen molar-refractivity contribution in [2.45, 2.75) is 18.4 Å². The van der Waals surface area contributed by atoms with Crippen molar-refractivity contribution in [2.24, 2.45) is 4.99 Å². The Morgan fingerprint density at radius 3 is 2.58 bits per heavy atom. The lowest BCUT2D eigenvalue weighted by Gasteiger charge is -2.15. The lowest BCUT2D eigenvalue weighted by atomic mass is 10.00. The molecular weight excluding hydrogens is 250 g/mol. The lowest BCUT2D eigenvalue weighted by molar-refractivity contribution is 0.0597. The number of nitrogens with zero attached hydrogens (tertiary/aromatic N) is 1. The Hall–Kier alpha value is -2.33. The summed E-state index contributed by atoms with van der Waals surface area (Å²) in [6, 6.07) is 2.77. The van der Waals surface area contributed by atoms with Crippen molar-refractivity contribution in [3.63, 3.8) is 0 Å². The molecule has 0 radical (unpaired) electrons. The van der Waals surface area contributed by atoms with E-state index in [0.29, 0.717) is 24.2 Å². The maximum atomic E-state index is 11.6. The number of carbonyl (C=O) groups is 1. The summed E-state index contributed by atoms with van der Waals surface area (Å²) in [7, 11) is 2.67. The number of methoxy groups -OCH3 is 2. The third kappa shape index (κ3) is 2.18.